The highest BCUT2D eigenvalue weighted by atomic mass is 16.5. The first kappa shape index (κ1) is 21.4. The van der Waals surface area contributed by atoms with E-state index in [2.05, 4.69) is 46.0 Å². The minimum absolute atomic E-state index is 0.0619. The molecule has 1 saturated heterocycles. The quantitative estimate of drug-likeness (QED) is 0.256. The molecule has 166 valence electrons. The summed E-state index contributed by atoms with van der Waals surface area (Å²) in [4.78, 5) is 6.47. The van der Waals surface area contributed by atoms with E-state index in [0.717, 1.165) is 31.5 Å². The van der Waals surface area contributed by atoms with Gasteiger partial charge >= 0.3 is 0 Å². The van der Waals surface area contributed by atoms with Crippen LogP contribution in [-0.2, 0) is 6.54 Å². The molecular formula is C24H34N6O. The van der Waals surface area contributed by atoms with Crippen molar-refractivity contribution in [2.24, 2.45) is 5.73 Å². The van der Waals surface area contributed by atoms with Crippen LogP contribution in [0, 0.1) is 5.41 Å². The van der Waals surface area contributed by atoms with Gasteiger partial charge in [0.05, 0.1) is 0 Å². The number of nitrogens with one attached hydrogen (secondary N) is 1. The predicted octanol–water partition coefficient (Wildman–Crippen LogP) is 5.47. The van der Waals surface area contributed by atoms with Gasteiger partial charge in [0.2, 0.25) is 11.7 Å². The van der Waals surface area contributed by atoms with Crippen molar-refractivity contribution in [1.82, 2.24) is 19.6 Å². The largest absolute Gasteiger partial charge is 0.370 e. The number of benzene rings is 1. The molecule has 0 bridgehead atoms. The third-order valence-electron chi connectivity index (χ3n) is 6.32. The number of aromatic nitrogens is 3. The van der Waals surface area contributed by atoms with E-state index in [4.69, 9.17) is 15.7 Å². The number of fused-ring (bicyclic) bond motifs is 1. The summed E-state index contributed by atoms with van der Waals surface area (Å²) in [5, 5.41) is 13.2. The van der Waals surface area contributed by atoms with Crippen LogP contribution in [0.4, 0.5) is 0 Å². The molecule has 0 amide bonds. The van der Waals surface area contributed by atoms with Crippen molar-refractivity contribution in [3.05, 3.63) is 36.4 Å². The lowest BCUT2D eigenvalue weighted by Crippen LogP contribution is -2.35. The Bertz CT molecular complexity index is 1010. The Morgan fingerprint density at radius 1 is 1.16 bits per heavy atom. The Kier molecular flexibility index (Phi) is 6.89. The normalized spacial score (nSPS) is 16.4. The van der Waals surface area contributed by atoms with E-state index < -0.39 is 0 Å². The second kappa shape index (κ2) is 9.98. The second-order valence-corrected chi connectivity index (χ2v) is 8.60. The molecule has 1 aromatic carbocycles. The molecule has 1 aliphatic rings. The number of unbranched alkanes of at least 4 members (excludes halogenated alkanes) is 6. The minimum atomic E-state index is -0.0938. The number of rotatable bonds is 10. The summed E-state index contributed by atoms with van der Waals surface area (Å²) in [5.41, 5.74) is 7.87. The standard InChI is InChI=1S/C24H34N6O/c1-2-3-4-5-6-7-8-14-29-16-13-18-11-12-19(17-21(18)29)22-27-23(31-28-22)20-10-9-15-30(20)24(25)26/h11-13,16-17,20H,2-10,14-15H2,1H3,(H3,25,26)/t20-/m0/s1. The summed E-state index contributed by atoms with van der Waals surface area (Å²) in [7, 11) is 0. The summed E-state index contributed by atoms with van der Waals surface area (Å²) in [6.45, 7) is 4.06. The number of hydrogen-bond acceptors (Lipinski definition) is 4. The van der Waals surface area contributed by atoms with Gasteiger partial charge in [-0.1, -0.05) is 62.7 Å². The number of nitrogens with zero attached hydrogens (tertiary/aromatic N) is 4. The van der Waals surface area contributed by atoms with Gasteiger partial charge < -0.3 is 19.7 Å². The van der Waals surface area contributed by atoms with Gasteiger partial charge in [-0.25, -0.2) is 0 Å². The summed E-state index contributed by atoms with van der Waals surface area (Å²) < 4.78 is 7.90. The van der Waals surface area contributed by atoms with Gasteiger partial charge in [0, 0.05) is 30.4 Å². The molecule has 0 unspecified atom stereocenters. The number of likely N-dealkylation sites (tertiary alicyclic amines) is 1. The Morgan fingerprint density at radius 3 is 2.77 bits per heavy atom. The molecule has 3 heterocycles. The van der Waals surface area contributed by atoms with Gasteiger partial charge in [0.15, 0.2) is 5.96 Å². The van der Waals surface area contributed by atoms with Crippen molar-refractivity contribution < 1.29 is 4.52 Å². The third-order valence-corrected chi connectivity index (χ3v) is 6.32. The van der Waals surface area contributed by atoms with Gasteiger partial charge in [-0.2, -0.15) is 4.98 Å². The van der Waals surface area contributed by atoms with Gasteiger partial charge in [0.25, 0.3) is 0 Å². The minimum Gasteiger partial charge on any atom is -0.370 e. The van der Waals surface area contributed by atoms with Crippen molar-refractivity contribution in [1.29, 1.82) is 5.41 Å². The predicted molar refractivity (Wildman–Crippen MR) is 124 cm³/mol. The molecule has 3 aromatic rings. The first-order valence-corrected chi connectivity index (χ1v) is 11.7. The van der Waals surface area contributed by atoms with Crippen LogP contribution in [0.1, 0.15) is 76.6 Å². The fourth-order valence-electron chi connectivity index (χ4n) is 4.56. The maximum Gasteiger partial charge on any atom is 0.249 e. The molecule has 7 nitrogen and oxygen atoms in total. The number of hydrogen-bond donors (Lipinski definition) is 2. The van der Waals surface area contributed by atoms with E-state index >= 15 is 0 Å². The van der Waals surface area contributed by atoms with Crippen molar-refractivity contribution in [3.63, 3.8) is 0 Å². The maximum absolute atomic E-state index is 7.76. The molecule has 31 heavy (non-hydrogen) atoms. The third kappa shape index (κ3) is 4.92. The van der Waals surface area contributed by atoms with Crippen LogP contribution in [0.15, 0.2) is 35.0 Å². The highest BCUT2D eigenvalue weighted by molar-refractivity contribution is 5.84. The molecule has 1 atom stereocenters. The molecular weight excluding hydrogens is 388 g/mol. The van der Waals surface area contributed by atoms with E-state index in [0.29, 0.717) is 11.7 Å². The lowest BCUT2D eigenvalue weighted by Gasteiger charge is -2.21. The molecule has 2 aromatic heterocycles. The van der Waals surface area contributed by atoms with E-state index in [1.54, 1.807) is 0 Å². The zero-order chi connectivity index (χ0) is 21.6. The Labute approximate surface area is 184 Å². The molecule has 0 radical (unpaired) electrons. The first-order valence-electron chi connectivity index (χ1n) is 11.7. The second-order valence-electron chi connectivity index (χ2n) is 8.60. The number of aryl methyl sites for hydroxylation is 1. The van der Waals surface area contributed by atoms with Crippen LogP contribution in [0.2, 0.25) is 0 Å². The van der Waals surface area contributed by atoms with E-state index in [1.165, 1.54) is 55.8 Å². The topological polar surface area (TPSA) is 97.0 Å². The van der Waals surface area contributed by atoms with E-state index in [9.17, 15) is 0 Å². The first-order chi connectivity index (χ1) is 15.2. The van der Waals surface area contributed by atoms with Gasteiger partial charge in [-0.15, -0.1) is 0 Å². The van der Waals surface area contributed by atoms with Crippen molar-refractivity contribution in [3.8, 4) is 11.4 Å². The van der Waals surface area contributed by atoms with Gasteiger partial charge in [0.1, 0.15) is 6.04 Å². The maximum atomic E-state index is 7.76. The molecule has 1 fully saturated rings. The highest BCUT2D eigenvalue weighted by Gasteiger charge is 2.31. The SMILES string of the molecule is CCCCCCCCCn1ccc2ccc(-c3noc([C@@H]4CCCN4C(=N)N)n3)cc21. The Balaban J connectivity index is 1.43. The monoisotopic (exact) mass is 422 g/mol. The van der Waals surface area contributed by atoms with Crippen LogP contribution in [0.3, 0.4) is 0 Å². The van der Waals surface area contributed by atoms with Crippen LogP contribution in [0.5, 0.6) is 0 Å². The summed E-state index contributed by atoms with van der Waals surface area (Å²) in [5.74, 6) is 1.20. The zero-order valence-corrected chi connectivity index (χ0v) is 18.5. The fourth-order valence-corrected chi connectivity index (χ4v) is 4.56. The molecule has 4 rings (SSSR count). The molecule has 0 spiro atoms. The smallest absolute Gasteiger partial charge is 0.249 e. The summed E-state index contributed by atoms with van der Waals surface area (Å²) >= 11 is 0. The van der Waals surface area contributed by atoms with Gasteiger partial charge in [-0.05, 0) is 36.8 Å². The average molecular weight is 423 g/mol. The molecule has 0 saturated carbocycles. The van der Waals surface area contributed by atoms with Gasteiger partial charge in [-0.3, -0.25) is 5.41 Å². The number of nitrogens with two attached hydrogens (primary N) is 1. The number of guanidine groups is 1. The highest BCUT2D eigenvalue weighted by Crippen LogP contribution is 2.32. The molecule has 3 N–H and O–H groups in total. The van der Waals surface area contributed by atoms with E-state index in [-0.39, 0.29) is 12.0 Å². The summed E-state index contributed by atoms with van der Waals surface area (Å²) in [6, 6.07) is 8.41. The fraction of sp³-hybridized carbons (Fsp3) is 0.542. The lowest BCUT2D eigenvalue weighted by molar-refractivity contribution is 0.283. The molecule has 1 aliphatic heterocycles. The van der Waals surface area contributed by atoms with Crippen molar-refractivity contribution in [2.75, 3.05) is 6.54 Å². The van der Waals surface area contributed by atoms with E-state index in [1.807, 2.05) is 11.0 Å². The zero-order valence-electron chi connectivity index (χ0n) is 18.5. The van der Waals surface area contributed by atoms with Crippen LogP contribution in [0.25, 0.3) is 22.3 Å². The van der Waals surface area contributed by atoms with Crippen molar-refractivity contribution in [2.45, 2.75) is 77.3 Å². The Hall–Kier alpha value is -2.83. The van der Waals surface area contributed by atoms with Crippen LogP contribution < -0.4 is 5.73 Å². The lowest BCUT2D eigenvalue weighted by atomic mass is 10.1. The van der Waals surface area contributed by atoms with Crippen LogP contribution in [-0.4, -0.2) is 32.1 Å². The molecule has 7 heteroatoms. The Morgan fingerprint density at radius 2 is 1.97 bits per heavy atom. The average Bonchev–Trinajstić information content (AvgIpc) is 3.51. The van der Waals surface area contributed by atoms with Crippen molar-refractivity contribution >= 4 is 16.9 Å². The summed E-state index contributed by atoms with van der Waals surface area (Å²) in [6.07, 6.45) is 13.2. The molecule has 0 aliphatic carbocycles. The van der Waals surface area contributed by atoms with Crippen LogP contribution >= 0.6 is 0 Å².